The predicted molar refractivity (Wildman–Crippen MR) is 92.9 cm³/mol. The molecule has 5 heteroatoms. The Labute approximate surface area is 146 Å². The van der Waals surface area contributed by atoms with Crippen molar-refractivity contribution in [2.45, 2.75) is 61.0 Å². The molecule has 3 aliphatic rings. The number of carbonyl (C=O) groups is 1. The van der Waals surface area contributed by atoms with E-state index in [9.17, 15) is 9.18 Å². The van der Waals surface area contributed by atoms with Gasteiger partial charge in [0.25, 0.3) is 0 Å². The second kappa shape index (κ2) is 7.32. The number of carbonyl (C=O) groups excluding carboxylic acids is 1. The van der Waals surface area contributed by atoms with Crippen LogP contribution in [0.25, 0.3) is 0 Å². The molecule has 2 bridgehead atoms. The van der Waals surface area contributed by atoms with Gasteiger partial charge < -0.3 is 4.74 Å². The topological polar surface area (TPSA) is 29.5 Å². The highest BCUT2D eigenvalue weighted by Crippen LogP contribution is 2.49. The molecule has 2 unspecified atom stereocenters. The second-order valence-corrected chi connectivity index (χ2v) is 8.95. The lowest BCUT2D eigenvalue weighted by atomic mass is 9.68. The van der Waals surface area contributed by atoms with Crippen molar-refractivity contribution in [3.05, 3.63) is 0 Å². The van der Waals surface area contributed by atoms with Gasteiger partial charge in [-0.15, -0.1) is 0 Å². The van der Waals surface area contributed by atoms with Gasteiger partial charge in [-0.25, -0.2) is 4.39 Å². The summed E-state index contributed by atoms with van der Waals surface area (Å²) in [5, 5.41) is 0. The number of fused-ring (bicyclic) bond motifs is 2. The third-order valence-electron chi connectivity index (χ3n) is 6.23. The summed E-state index contributed by atoms with van der Waals surface area (Å²) in [6.07, 6.45) is 8.26. The van der Waals surface area contributed by atoms with Crippen LogP contribution in [0.15, 0.2) is 0 Å². The number of hydrogen-bond acceptors (Lipinski definition) is 3. The van der Waals surface area contributed by atoms with Crippen molar-refractivity contribution < 1.29 is 13.9 Å². The summed E-state index contributed by atoms with van der Waals surface area (Å²) < 4.78 is 18.8. The fourth-order valence-corrected chi connectivity index (χ4v) is 5.98. The highest BCUT2D eigenvalue weighted by Gasteiger charge is 2.52. The number of halogens is 2. The van der Waals surface area contributed by atoms with E-state index in [-0.39, 0.29) is 24.6 Å². The van der Waals surface area contributed by atoms with Crippen molar-refractivity contribution in [1.82, 2.24) is 4.90 Å². The summed E-state index contributed by atoms with van der Waals surface area (Å²) in [5.41, 5.74) is 0. The monoisotopic (exact) mass is 423 g/mol. The van der Waals surface area contributed by atoms with Crippen LogP contribution in [0.2, 0.25) is 0 Å². The normalized spacial score (nSPS) is 42.3. The lowest BCUT2D eigenvalue weighted by Gasteiger charge is -2.47. The van der Waals surface area contributed by atoms with Crippen molar-refractivity contribution in [2.75, 3.05) is 20.3 Å². The molecule has 0 spiro atoms. The average molecular weight is 423 g/mol. The van der Waals surface area contributed by atoms with Gasteiger partial charge in [0.2, 0.25) is 0 Å². The van der Waals surface area contributed by atoms with Gasteiger partial charge in [0.05, 0.1) is 13.0 Å². The Morgan fingerprint density at radius 2 is 1.95 bits per heavy atom. The van der Waals surface area contributed by atoms with E-state index in [1.807, 2.05) is 0 Å². The summed E-state index contributed by atoms with van der Waals surface area (Å²) in [7, 11) is 1.50. The first-order valence-corrected chi connectivity index (χ1v) is 9.93. The van der Waals surface area contributed by atoms with Crippen LogP contribution in [-0.4, -0.2) is 47.2 Å². The molecule has 0 N–H and O–H groups in total. The number of rotatable bonds is 4. The zero-order valence-electron chi connectivity index (χ0n) is 13.3. The maximum absolute atomic E-state index is 12.9. The Kier molecular flexibility index (Phi) is 5.64. The molecule has 0 amide bonds. The second-order valence-electron chi connectivity index (χ2n) is 7.19. The molecule has 0 aromatic carbocycles. The summed E-state index contributed by atoms with van der Waals surface area (Å²) in [5.74, 6) is 1.01. The molecule has 3 nitrogen and oxygen atoms in total. The van der Waals surface area contributed by atoms with E-state index in [0.29, 0.717) is 24.4 Å². The summed E-state index contributed by atoms with van der Waals surface area (Å²) in [6.45, 7) is 0.168. The van der Waals surface area contributed by atoms with E-state index in [1.165, 1.54) is 32.8 Å². The molecule has 3 fully saturated rings. The number of nitrogens with zero attached hydrogens (tertiary/aromatic N) is 1. The van der Waals surface area contributed by atoms with E-state index < -0.39 is 0 Å². The van der Waals surface area contributed by atoms with E-state index >= 15 is 0 Å². The molecule has 1 aliphatic carbocycles. The Hall–Kier alpha value is 0.0900. The molecule has 1 saturated carbocycles. The number of alkyl halides is 2. The minimum Gasteiger partial charge on any atom is -0.469 e. The third-order valence-corrected chi connectivity index (χ3v) is 7.48. The van der Waals surface area contributed by atoms with Crippen LogP contribution in [-0.2, 0) is 9.53 Å². The van der Waals surface area contributed by atoms with Crippen molar-refractivity contribution >= 4 is 28.6 Å². The predicted octanol–water partition coefficient (Wildman–Crippen LogP) is 3.59. The Bertz CT molecular complexity index is 400. The highest BCUT2D eigenvalue weighted by atomic mass is 127. The lowest BCUT2D eigenvalue weighted by Crippen LogP contribution is -2.54. The lowest BCUT2D eigenvalue weighted by molar-refractivity contribution is -0.154. The zero-order chi connectivity index (χ0) is 15.7. The van der Waals surface area contributed by atoms with Gasteiger partial charge in [0.15, 0.2) is 0 Å². The largest absolute Gasteiger partial charge is 0.469 e. The maximum Gasteiger partial charge on any atom is 0.310 e. The minimum atomic E-state index is -0.314. The summed E-state index contributed by atoms with van der Waals surface area (Å²) in [4.78, 5) is 14.7. The zero-order valence-corrected chi connectivity index (χ0v) is 15.5. The van der Waals surface area contributed by atoms with Gasteiger partial charge in [-0.05, 0) is 56.8 Å². The smallest absolute Gasteiger partial charge is 0.310 e. The Morgan fingerprint density at radius 1 is 1.23 bits per heavy atom. The van der Waals surface area contributed by atoms with Crippen LogP contribution in [0.3, 0.4) is 0 Å². The Balaban J connectivity index is 1.79. The van der Waals surface area contributed by atoms with Crippen molar-refractivity contribution in [3.8, 4) is 0 Å². The molecule has 2 aliphatic heterocycles. The van der Waals surface area contributed by atoms with Gasteiger partial charge in [-0.1, -0.05) is 22.6 Å². The van der Waals surface area contributed by atoms with Gasteiger partial charge in [0.1, 0.15) is 6.67 Å². The molecule has 126 valence electrons. The number of piperidine rings is 1. The van der Waals surface area contributed by atoms with E-state index in [1.54, 1.807) is 0 Å². The van der Waals surface area contributed by atoms with Crippen molar-refractivity contribution in [3.63, 3.8) is 0 Å². The molecule has 0 radical (unpaired) electrons. The maximum atomic E-state index is 12.9. The van der Waals surface area contributed by atoms with E-state index in [0.717, 1.165) is 23.2 Å². The standard InChI is InChI=1S/C17H27FINO2/c1-22-17(21)16-14(11-2-4-12(19)5-3-11)10-13-6-7-15(16)20(13)9-8-18/h11-16H,2-10H2,1H3/t11?,12?,13-,14-,15?,16?/m1/s1. The molecular weight excluding hydrogens is 396 g/mol. The number of hydrogen-bond donors (Lipinski definition) is 0. The van der Waals surface area contributed by atoms with Crippen LogP contribution in [0.4, 0.5) is 4.39 Å². The van der Waals surface area contributed by atoms with Crippen LogP contribution in [0, 0.1) is 17.8 Å². The fraction of sp³-hybridized carbons (Fsp3) is 0.941. The summed E-state index contributed by atoms with van der Waals surface area (Å²) in [6, 6.07) is 0.702. The molecule has 4 atom stereocenters. The average Bonchev–Trinajstić information content (AvgIpc) is 2.80. The van der Waals surface area contributed by atoms with Crippen LogP contribution >= 0.6 is 22.6 Å². The molecule has 0 aromatic rings. The third kappa shape index (κ3) is 3.17. The van der Waals surface area contributed by atoms with Gasteiger partial charge in [-0.3, -0.25) is 9.69 Å². The molecule has 2 heterocycles. The van der Waals surface area contributed by atoms with Gasteiger partial charge >= 0.3 is 5.97 Å². The van der Waals surface area contributed by atoms with Crippen molar-refractivity contribution in [1.29, 1.82) is 0 Å². The van der Waals surface area contributed by atoms with Gasteiger partial charge in [-0.2, -0.15) is 0 Å². The fourth-order valence-electron chi connectivity index (χ4n) is 5.26. The molecule has 2 saturated heterocycles. The van der Waals surface area contributed by atoms with E-state index in [4.69, 9.17) is 4.74 Å². The molecule has 22 heavy (non-hydrogen) atoms. The highest BCUT2D eigenvalue weighted by molar-refractivity contribution is 14.1. The molecular formula is C17H27FINO2. The summed E-state index contributed by atoms with van der Waals surface area (Å²) >= 11 is 2.56. The van der Waals surface area contributed by atoms with Crippen LogP contribution in [0.1, 0.15) is 44.9 Å². The van der Waals surface area contributed by atoms with Gasteiger partial charge in [0, 0.05) is 22.6 Å². The first kappa shape index (κ1) is 16.9. The molecule has 3 rings (SSSR count). The first-order chi connectivity index (χ1) is 10.7. The number of methoxy groups -OCH3 is 1. The number of ether oxygens (including phenoxy) is 1. The molecule has 0 aromatic heterocycles. The van der Waals surface area contributed by atoms with E-state index in [2.05, 4.69) is 27.5 Å². The SMILES string of the molecule is COC(=O)C1C2CC[C@H](C[C@@H]1C1CCC(I)CC1)N2CCF. The number of esters is 1. The van der Waals surface area contributed by atoms with Crippen molar-refractivity contribution in [2.24, 2.45) is 17.8 Å². The van der Waals surface area contributed by atoms with Crippen LogP contribution < -0.4 is 0 Å². The first-order valence-electron chi connectivity index (χ1n) is 8.69. The Morgan fingerprint density at radius 3 is 2.59 bits per heavy atom. The quantitative estimate of drug-likeness (QED) is 0.393. The van der Waals surface area contributed by atoms with Crippen LogP contribution in [0.5, 0.6) is 0 Å². The minimum absolute atomic E-state index is 0.0361.